The Kier molecular flexibility index (Phi) is 1.47. The van der Waals surface area contributed by atoms with Crippen LogP contribution in [0.4, 0.5) is 0 Å². The van der Waals surface area contributed by atoms with Gasteiger partial charge >= 0.3 is 0 Å². The van der Waals surface area contributed by atoms with Gasteiger partial charge in [-0.1, -0.05) is 0 Å². The predicted octanol–water partition coefficient (Wildman–Crippen LogP) is 1.23. The number of aromatic nitrogens is 2. The van der Waals surface area contributed by atoms with E-state index in [0.29, 0.717) is 9.80 Å². The normalized spacial score (nSPS) is 20.2. The number of nitrogens with zero attached hydrogens (tertiary/aromatic N) is 1. The molecule has 2 heterocycles. The highest BCUT2D eigenvalue weighted by molar-refractivity contribution is 7.88. The van der Waals surface area contributed by atoms with Gasteiger partial charge in [0.15, 0.2) is 4.77 Å². The molecule has 3 nitrogen and oxygen atoms in total. The highest BCUT2D eigenvalue weighted by Gasteiger charge is 2.11. The number of hydrogen-bond donors (Lipinski definition) is 1. The molecule has 2 rings (SSSR count). The van der Waals surface area contributed by atoms with Gasteiger partial charge in [-0.3, -0.25) is 0 Å². The Balaban J connectivity index is 2.76. The summed E-state index contributed by atoms with van der Waals surface area (Å²) in [7, 11) is -1.05. The van der Waals surface area contributed by atoms with Crippen molar-refractivity contribution in [2.24, 2.45) is 0 Å². The summed E-state index contributed by atoms with van der Waals surface area (Å²) in [5, 5.41) is 2.27. The Morgan fingerprint density at radius 1 is 1.64 bits per heavy atom. The molecule has 1 aliphatic rings. The molecule has 5 heteroatoms. The lowest BCUT2D eigenvalue weighted by Gasteiger charge is -1.94. The first kappa shape index (κ1) is 6.87. The summed E-state index contributed by atoms with van der Waals surface area (Å²) >= 11 is 4.78. The Bertz CT molecular complexity index is 407. The smallest absolute Gasteiger partial charge is 0.197 e. The number of fused-ring (bicyclic) bond motifs is 1. The van der Waals surface area contributed by atoms with Crippen molar-refractivity contribution in [2.45, 2.75) is 5.03 Å². The van der Waals surface area contributed by atoms with Crippen molar-refractivity contribution >= 4 is 29.1 Å². The molecule has 56 valence electrons. The molecule has 0 amide bonds. The van der Waals surface area contributed by atoms with Gasteiger partial charge in [0.2, 0.25) is 0 Å². The summed E-state index contributed by atoms with van der Waals surface area (Å²) in [5.41, 5.74) is 0.858. The molecule has 1 atom stereocenters. The van der Waals surface area contributed by atoms with E-state index in [1.807, 2.05) is 0 Å². The number of rotatable bonds is 0. The zero-order valence-electron chi connectivity index (χ0n) is 5.40. The molecule has 11 heavy (non-hydrogen) atoms. The average Bonchev–Trinajstić information content (AvgIpc) is 2.33. The van der Waals surface area contributed by atoms with E-state index in [1.165, 1.54) is 0 Å². The van der Waals surface area contributed by atoms with Crippen LogP contribution in [-0.2, 0) is 10.8 Å². The molecule has 0 saturated heterocycles. The molecule has 0 bridgehead atoms. The summed E-state index contributed by atoms with van der Waals surface area (Å²) in [6.07, 6.45) is 3.39. The largest absolute Gasteiger partial charge is 0.323 e. The minimum absolute atomic E-state index is 0.376. The highest BCUT2D eigenvalue weighted by Crippen LogP contribution is 2.19. The maximum absolute atomic E-state index is 11.1. The molecular weight excluding hydrogens is 180 g/mol. The molecule has 1 aliphatic heterocycles. The van der Waals surface area contributed by atoms with Gasteiger partial charge < -0.3 is 4.98 Å². The van der Waals surface area contributed by atoms with Gasteiger partial charge in [-0.15, -0.1) is 0 Å². The molecule has 0 radical (unpaired) electrons. The van der Waals surface area contributed by atoms with E-state index < -0.39 is 10.8 Å². The van der Waals surface area contributed by atoms with Crippen molar-refractivity contribution in [1.82, 2.24) is 9.97 Å². The summed E-state index contributed by atoms with van der Waals surface area (Å²) in [6.45, 7) is 0. The fourth-order valence-electron chi connectivity index (χ4n) is 0.877. The van der Waals surface area contributed by atoms with E-state index in [0.717, 1.165) is 5.56 Å². The van der Waals surface area contributed by atoms with Crippen molar-refractivity contribution in [3.05, 3.63) is 21.9 Å². The number of H-pyrrole nitrogens is 1. The quantitative estimate of drug-likeness (QED) is 0.487. The SMILES string of the molecule is O=S1C=Cc2cnc(=S)[nH]c21. The first-order valence-electron chi connectivity index (χ1n) is 2.95. The molecule has 0 spiro atoms. The second-order valence-corrected chi connectivity index (χ2v) is 3.73. The van der Waals surface area contributed by atoms with Gasteiger partial charge in [0, 0.05) is 17.2 Å². The topological polar surface area (TPSA) is 45.8 Å². The van der Waals surface area contributed by atoms with Crippen molar-refractivity contribution < 1.29 is 4.21 Å². The lowest BCUT2D eigenvalue weighted by Crippen LogP contribution is -1.91. The van der Waals surface area contributed by atoms with Gasteiger partial charge in [0.05, 0.1) is 10.8 Å². The van der Waals surface area contributed by atoms with E-state index in [1.54, 1.807) is 17.7 Å². The van der Waals surface area contributed by atoms with Crippen LogP contribution in [0.2, 0.25) is 0 Å². The molecule has 0 aliphatic carbocycles. The zero-order valence-corrected chi connectivity index (χ0v) is 7.04. The summed E-state index contributed by atoms with van der Waals surface area (Å²) in [6, 6.07) is 0. The first-order chi connectivity index (χ1) is 5.27. The van der Waals surface area contributed by atoms with Gasteiger partial charge in [-0.2, -0.15) is 0 Å². The highest BCUT2D eigenvalue weighted by atomic mass is 32.2. The molecule has 1 unspecified atom stereocenters. The fraction of sp³-hybridized carbons (Fsp3) is 0. The third kappa shape index (κ3) is 1.06. The van der Waals surface area contributed by atoms with Crippen LogP contribution in [0, 0.1) is 4.77 Å². The second kappa shape index (κ2) is 2.35. The molecule has 0 saturated carbocycles. The molecule has 1 aromatic rings. The van der Waals surface area contributed by atoms with Crippen LogP contribution in [-0.4, -0.2) is 14.2 Å². The van der Waals surface area contributed by atoms with E-state index in [-0.39, 0.29) is 0 Å². The van der Waals surface area contributed by atoms with Crippen LogP contribution in [0.3, 0.4) is 0 Å². The van der Waals surface area contributed by atoms with E-state index in [9.17, 15) is 4.21 Å². The molecule has 1 aromatic heterocycles. The monoisotopic (exact) mass is 184 g/mol. The van der Waals surface area contributed by atoms with E-state index in [2.05, 4.69) is 9.97 Å². The standard InChI is InChI=1S/C6H4N2OS2/c9-11-2-1-4-3-7-6(10)8-5(4)11/h1-3H,(H,7,8,10). The summed E-state index contributed by atoms with van der Waals surface area (Å²) < 4.78 is 11.5. The molecule has 1 N–H and O–H groups in total. The van der Waals surface area contributed by atoms with E-state index >= 15 is 0 Å². The first-order valence-corrected chi connectivity index (χ1v) is 4.57. The predicted molar refractivity (Wildman–Crippen MR) is 44.9 cm³/mol. The Morgan fingerprint density at radius 2 is 2.45 bits per heavy atom. The minimum Gasteiger partial charge on any atom is -0.323 e. The van der Waals surface area contributed by atoms with Crippen molar-refractivity contribution in [2.75, 3.05) is 0 Å². The maximum Gasteiger partial charge on any atom is 0.197 e. The lowest BCUT2D eigenvalue weighted by atomic mass is 10.3. The molecular formula is C6H4N2OS2. The Hall–Kier alpha value is -0.810. The Morgan fingerprint density at radius 3 is 3.27 bits per heavy atom. The zero-order chi connectivity index (χ0) is 7.84. The lowest BCUT2D eigenvalue weighted by molar-refractivity contribution is 0.686. The van der Waals surface area contributed by atoms with Crippen molar-refractivity contribution in [3.63, 3.8) is 0 Å². The van der Waals surface area contributed by atoms with E-state index in [4.69, 9.17) is 12.2 Å². The number of nitrogens with one attached hydrogen (secondary N) is 1. The number of hydrogen-bond acceptors (Lipinski definition) is 3. The third-order valence-electron chi connectivity index (χ3n) is 1.38. The van der Waals surface area contributed by atoms with Crippen LogP contribution < -0.4 is 0 Å². The Labute approximate surface area is 70.6 Å². The second-order valence-electron chi connectivity index (χ2n) is 2.07. The van der Waals surface area contributed by atoms with Crippen molar-refractivity contribution in [1.29, 1.82) is 0 Å². The van der Waals surface area contributed by atoms with Crippen LogP contribution in [0.5, 0.6) is 0 Å². The van der Waals surface area contributed by atoms with Crippen LogP contribution in [0.25, 0.3) is 6.08 Å². The molecule has 0 aromatic carbocycles. The third-order valence-corrected chi connectivity index (χ3v) is 2.71. The maximum atomic E-state index is 11.1. The molecule has 0 fully saturated rings. The minimum atomic E-state index is -1.05. The van der Waals surface area contributed by atoms with Crippen LogP contribution >= 0.6 is 12.2 Å². The van der Waals surface area contributed by atoms with Crippen LogP contribution in [0.1, 0.15) is 5.56 Å². The van der Waals surface area contributed by atoms with Gasteiger partial charge in [-0.25, -0.2) is 9.19 Å². The van der Waals surface area contributed by atoms with Crippen LogP contribution in [0.15, 0.2) is 16.6 Å². The number of aromatic amines is 1. The fourth-order valence-corrected chi connectivity index (χ4v) is 2.05. The van der Waals surface area contributed by atoms with Gasteiger partial charge in [-0.05, 0) is 18.3 Å². The summed E-state index contributed by atoms with van der Waals surface area (Å²) in [5.74, 6) is 0. The van der Waals surface area contributed by atoms with Gasteiger partial charge in [0.1, 0.15) is 5.03 Å². The van der Waals surface area contributed by atoms with Gasteiger partial charge in [0.25, 0.3) is 0 Å². The van der Waals surface area contributed by atoms with Crippen molar-refractivity contribution in [3.8, 4) is 0 Å². The average molecular weight is 184 g/mol. The summed E-state index contributed by atoms with van der Waals surface area (Å²) in [4.78, 5) is 6.64.